The molecule has 1 amide bonds. The van der Waals surface area contributed by atoms with Crippen LogP contribution in [0.4, 0.5) is 4.39 Å². The number of hydrogen-bond donors (Lipinski definition) is 1. The van der Waals surface area contributed by atoms with Gasteiger partial charge in [0.15, 0.2) is 6.61 Å². The molecule has 0 spiro atoms. The van der Waals surface area contributed by atoms with Gasteiger partial charge in [-0.05, 0) is 68.0 Å². The van der Waals surface area contributed by atoms with Crippen molar-refractivity contribution in [2.75, 3.05) is 13.2 Å². The summed E-state index contributed by atoms with van der Waals surface area (Å²) in [6.45, 7) is 0.398. The minimum Gasteiger partial charge on any atom is -0.484 e. The number of hydrogen-bond acceptors (Lipinski definition) is 5. The quantitative estimate of drug-likeness (QED) is 0.475. The molecule has 1 fully saturated rings. The number of nitrogens with one attached hydrogen (secondary N) is 1. The van der Waals surface area contributed by atoms with Crippen molar-refractivity contribution in [1.82, 2.24) is 15.5 Å². The first-order chi connectivity index (χ1) is 15.5. The molecule has 1 aliphatic rings. The zero-order chi connectivity index (χ0) is 22.5. The average Bonchev–Trinajstić information content (AvgIpc) is 3.29. The zero-order valence-electron chi connectivity index (χ0n) is 17.2. The molecule has 1 aromatic heterocycles. The maximum atomic E-state index is 13.4. The smallest absolute Gasteiger partial charge is 0.257 e. The van der Waals surface area contributed by atoms with Gasteiger partial charge >= 0.3 is 0 Å². The van der Waals surface area contributed by atoms with Gasteiger partial charge in [0.25, 0.3) is 5.91 Å². The molecule has 0 radical (unpaired) electrons. The largest absolute Gasteiger partial charge is 0.484 e. The Morgan fingerprint density at radius 1 is 1.09 bits per heavy atom. The Morgan fingerprint density at radius 3 is 2.56 bits per heavy atom. The lowest BCUT2D eigenvalue weighted by molar-refractivity contribution is -0.123. The molecule has 0 saturated heterocycles. The van der Waals surface area contributed by atoms with Crippen LogP contribution in [0.5, 0.6) is 5.75 Å². The maximum absolute atomic E-state index is 13.4. The summed E-state index contributed by atoms with van der Waals surface area (Å²) >= 11 is 11.6. The van der Waals surface area contributed by atoms with Crippen LogP contribution < -0.4 is 10.1 Å². The second kappa shape index (κ2) is 10.3. The second-order valence-corrected chi connectivity index (χ2v) is 8.68. The predicted molar refractivity (Wildman–Crippen MR) is 119 cm³/mol. The van der Waals surface area contributed by atoms with Crippen molar-refractivity contribution in [3.05, 3.63) is 64.2 Å². The highest BCUT2D eigenvalue weighted by Gasteiger charge is 2.26. The molecule has 0 unspecified atom stereocenters. The lowest BCUT2D eigenvalue weighted by atomic mass is 9.82. The van der Waals surface area contributed by atoms with Gasteiger partial charge in [0.05, 0.1) is 5.02 Å². The number of aromatic nitrogens is 2. The fraction of sp³-hybridized carbons (Fsp3) is 0.348. The van der Waals surface area contributed by atoms with E-state index in [4.69, 9.17) is 32.4 Å². The van der Waals surface area contributed by atoms with E-state index in [-0.39, 0.29) is 29.2 Å². The van der Waals surface area contributed by atoms with Gasteiger partial charge in [-0.15, -0.1) is 10.2 Å². The molecule has 1 saturated carbocycles. The molecule has 1 N–H and O–H groups in total. The third-order valence-corrected chi connectivity index (χ3v) is 6.14. The number of carbonyl (C=O) groups is 1. The summed E-state index contributed by atoms with van der Waals surface area (Å²) in [5.41, 5.74) is 0.841. The Kier molecular flexibility index (Phi) is 7.27. The summed E-state index contributed by atoms with van der Waals surface area (Å²) in [5, 5.41) is 12.0. The van der Waals surface area contributed by atoms with E-state index in [0.29, 0.717) is 29.3 Å². The van der Waals surface area contributed by atoms with Crippen molar-refractivity contribution in [3.8, 4) is 17.2 Å². The molecule has 4 rings (SSSR count). The Labute approximate surface area is 195 Å². The third kappa shape index (κ3) is 5.78. The molecular formula is C23H22Cl2FN3O3. The van der Waals surface area contributed by atoms with Crippen molar-refractivity contribution in [1.29, 1.82) is 0 Å². The van der Waals surface area contributed by atoms with Gasteiger partial charge in [-0.25, -0.2) is 4.39 Å². The first-order valence-electron chi connectivity index (χ1n) is 10.4. The van der Waals surface area contributed by atoms with Crippen LogP contribution in [0.3, 0.4) is 0 Å². The van der Waals surface area contributed by atoms with E-state index in [2.05, 4.69) is 15.5 Å². The minimum absolute atomic E-state index is 0.0131. The Balaban J connectivity index is 1.20. The number of amides is 1. The number of carbonyl (C=O) groups excluding carboxylic acids is 1. The molecule has 168 valence electrons. The van der Waals surface area contributed by atoms with Crippen LogP contribution in [0.15, 0.2) is 46.9 Å². The van der Waals surface area contributed by atoms with Gasteiger partial charge in [-0.1, -0.05) is 23.2 Å². The van der Waals surface area contributed by atoms with Crippen molar-refractivity contribution >= 4 is 29.1 Å². The first kappa shape index (κ1) is 22.6. The second-order valence-electron chi connectivity index (χ2n) is 7.84. The standard InChI is InChI=1S/C23H22Cl2FN3O3/c24-17-7-5-16(6-8-17)23-29-28-22(32-23)15-3-1-14(2-4-15)12-27-21(30)13-31-18-9-10-19(25)20(26)11-18/h5-11,14-15H,1-4,12-13H2,(H,27,30). The number of ether oxygens (including phenoxy) is 1. The van der Waals surface area contributed by atoms with E-state index in [0.717, 1.165) is 37.3 Å². The highest BCUT2D eigenvalue weighted by Crippen LogP contribution is 2.36. The molecule has 0 atom stereocenters. The summed E-state index contributed by atoms with van der Waals surface area (Å²) < 4.78 is 24.6. The number of benzene rings is 2. The molecule has 6 nitrogen and oxygen atoms in total. The topological polar surface area (TPSA) is 77.2 Å². The predicted octanol–water partition coefficient (Wildman–Crippen LogP) is 5.65. The molecule has 1 heterocycles. The molecule has 0 bridgehead atoms. The van der Waals surface area contributed by atoms with Crippen LogP contribution >= 0.6 is 23.2 Å². The van der Waals surface area contributed by atoms with Crippen LogP contribution in [-0.4, -0.2) is 29.3 Å². The summed E-state index contributed by atoms with van der Waals surface area (Å²) in [5.74, 6) is 1.18. The number of nitrogens with zero attached hydrogens (tertiary/aromatic N) is 2. The molecule has 0 aliphatic heterocycles. The Hall–Kier alpha value is -2.64. The van der Waals surface area contributed by atoms with Gasteiger partial charge in [0.1, 0.15) is 11.6 Å². The van der Waals surface area contributed by atoms with E-state index >= 15 is 0 Å². The van der Waals surface area contributed by atoms with Crippen molar-refractivity contribution < 1.29 is 18.3 Å². The fourth-order valence-corrected chi connectivity index (χ4v) is 3.99. The highest BCUT2D eigenvalue weighted by molar-refractivity contribution is 6.31. The monoisotopic (exact) mass is 477 g/mol. The SMILES string of the molecule is O=C(COc1ccc(Cl)c(F)c1)NCC1CCC(c2nnc(-c3ccc(Cl)cc3)o2)CC1. The molecule has 9 heteroatoms. The van der Waals surface area contributed by atoms with Gasteiger partial charge in [0.2, 0.25) is 11.8 Å². The van der Waals surface area contributed by atoms with Crippen LogP contribution in [0.25, 0.3) is 11.5 Å². The molecular weight excluding hydrogens is 456 g/mol. The summed E-state index contributed by atoms with van der Waals surface area (Å²) in [7, 11) is 0. The average molecular weight is 478 g/mol. The van der Waals surface area contributed by atoms with Gasteiger partial charge < -0.3 is 14.5 Å². The normalized spacial score (nSPS) is 18.3. The fourth-order valence-electron chi connectivity index (χ4n) is 3.75. The first-order valence-corrected chi connectivity index (χ1v) is 11.2. The van der Waals surface area contributed by atoms with Crippen LogP contribution in [0.1, 0.15) is 37.5 Å². The lowest BCUT2D eigenvalue weighted by Crippen LogP contribution is -2.34. The highest BCUT2D eigenvalue weighted by atomic mass is 35.5. The van der Waals surface area contributed by atoms with E-state index in [1.165, 1.54) is 12.1 Å². The van der Waals surface area contributed by atoms with Crippen LogP contribution in [0.2, 0.25) is 10.0 Å². The molecule has 2 aromatic carbocycles. The van der Waals surface area contributed by atoms with Crippen LogP contribution in [0, 0.1) is 11.7 Å². The Morgan fingerprint density at radius 2 is 1.84 bits per heavy atom. The van der Waals surface area contributed by atoms with E-state index < -0.39 is 5.82 Å². The van der Waals surface area contributed by atoms with E-state index in [1.54, 1.807) is 12.1 Å². The van der Waals surface area contributed by atoms with E-state index in [9.17, 15) is 9.18 Å². The van der Waals surface area contributed by atoms with Gasteiger partial charge in [-0.3, -0.25) is 4.79 Å². The number of halogens is 3. The maximum Gasteiger partial charge on any atom is 0.257 e. The van der Waals surface area contributed by atoms with Crippen molar-refractivity contribution in [3.63, 3.8) is 0 Å². The zero-order valence-corrected chi connectivity index (χ0v) is 18.7. The van der Waals surface area contributed by atoms with Crippen LogP contribution in [-0.2, 0) is 4.79 Å². The molecule has 3 aromatic rings. The third-order valence-electron chi connectivity index (χ3n) is 5.58. The summed E-state index contributed by atoms with van der Waals surface area (Å²) in [4.78, 5) is 12.1. The summed E-state index contributed by atoms with van der Waals surface area (Å²) in [6, 6.07) is 11.4. The molecule has 1 aliphatic carbocycles. The van der Waals surface area contributed by atoms with Gasteiger partial charge in [-0.2, -0.15) is 0 Å². The number of rotatable bonds is 7. The van der Waals surface area contributed by atoms with E-state index in [1.807, 2.05) is 12.1 Å². The minimum atomic E-state index is -0.581. The van der Waals surface area contributed by atoms with Gasteiger partial charge in [0, 0.05) is 29.1 Å². The van der Waals surface area contributed by atoms with Crippen molar-refractivity contribution in [2.24, 2.45) is 5.92 Å². The Bertz CT molecular complexity index is 1070. The van der Waals surface area contributed by atoms with Crippen molar-refractivity contribution in [2.45, 2.75) is 31.6 Å². The summed E-state index contributed by atoms with van der Waals surface area (Å²) in [6.07, 6.45) is 3.74. The molecule has 32 heavy (non-hydrogen) atoms. The lowest BCUT2D eigenvalue weighted by Gasteiger charge is -2.26.